The van der Waals surface area contributed by atoms with E-state index in [0.717, 1.165) is 6.92 Å². The number of aliphatic hydroxyl groups is 1. The fourth-order valence-corrected chi connectivity index (χ4v) is 0.831. The van der Waals surface area contributed by atoms with Crippen LogP contribution in [0.5, 0.6) is 0 Å². The molecule has 0 atom stereocenters. The van der Waals surface area contributed by atoms with Gasteiger partial charge in [-0.2, -0.15) is 17.6 Å². The van der Waals surface area contributed by atoms with Crippen molar-refractivity contribution < 1.29 is 32.1 Å². The summed E-state index contributed by atoms with van der Waals surface area (Å²) in [4.78, 5) is 0. The van der Waals surface area contributed by atoms with Gasteiger partial charge in [0.2, 0.25) is 0 Å². The molecule has 1 aliphatic rings. The van der Waals surface area contributed by atoms with Crippen molar-refractivity contribution in [1.82, 2.24) is 0 Å². The van der Waals surface area contributed by atoms with Gasteiger partial charge in [0.1, 0.15) is 13.2 Å². The second-order valence-corrected chi connectivity index (χ2v) is 3.28. The van der Waals surface area contributed by atoms with E-state index in [1.165, 1.54) is 0 Å². The molecule has 1 heterocycles. The largest absolute Gasteiger partial charge is 0.391 e. The summed E-state index contributed by atoms with van der Waals surface area (Å²) in [5.74, 6) is -10.3. The molecule has 1 aliphatic heterocycles. The SMILES string of the molecule is CC1(CO)OCC(F)(F)C(F)(F)CO1. The zero-order chi connectivity index (χ0) is 11.0. The molecule has 1 fully saturated rings. The van der Waals surface area contributed by atoms with Gasteiger partial charge in [0.15, 0.2) is 5.79 Å². The van der Waals surface area contributed by atoms with Gasteiger partial charge >= 0.3 is 11.8 Å². The molecule has 0 saturated carbocycles. The van der Waals surface area contributed by atoms with E-state index in [-0.39, 0.29) is 0 Å². The summed E-state index contributed by atoms with van der Waals surface area (Å²) in [5, 5.41) is 8.68. The summed E-state index contributed by atoms with van der Waals surface area (Å²) < 4.78 is 59.5. The van der Waals surface area contributed by atoms with E-state index in [9.17, 15) is 17.6 Å². The van der Waals surface area contributed by atoms with Crippen molar-refractivity contribution in [2.75, 3.05) is 19.8 Å². The monoisotopic (exact) mass is 218 g/mol. The van der Waals surface area contributed by atoms with E-state index < -0.39 is 37.5 Å². The van der Waals surface area contributed by atoms with Crippen molar-refractivity contribution in [2.24, 2.45) is 0 Å². The molecule has 1 rings (SSSR count). The number of halogens is 4. The van der Waals surface area contributed by atoms with Crippen LogP contribution in [0.3, 0.4) is 0 Å². The number of alkyl halides is 4. The first-order valence-electron chi connectivity index (χ1n) is 3.87. The molecule has 0 unspecified atom stereocenters. The Kier molecular flexibility index (Phi) is 2.77. The maximum absolute atomic E-state index is 12.7. The van der Waals surface area contributed by atoms with Gasteiger partial charge in [-0.25, -0.2) is 0 Å². The minimum atomic E-state index is -4.28. The Bertz CT molecular complexity index is 201. The molecule has 0 spiro atoms. The predicted molar refractivity (Wildman–Crippen MR) is 37.3 cm³/mol. The first-order chi connectivity index (χ1) is 6.22. The summed E-state index contributed by atoms with van der Waals surface area (Å²) in [5.41, 5.74) is 0. The molecule has 3 nitrogen and oxygen atoms in total. The average Bonchev–Trinajstić information content (AvgIpc) is 2.18. The Morgan fingerprint density at radius 3 is 1.71 bits per heavy atom. The molecule has 84 valence electrons. The van der Waals surface area contributed by atoms with Gasteiger partial charge in [-0.1, -0.05) is 0 Å². The molecule has 1 saturated heterocycles. The molecule has 0 amide bonds. The smallest absolute Gasteiger partial charge is 0.335 e. The van der Waals surface area contributed by atoms with Gasteiger partial charge < -0.3 is 14.6 Å². The van der Waals surface area contributed by atoms with Gasteiger partial charge in [-0.05, 0) is 6.92 Å². The number of rotatable bonds is 1. The van der Waals surface area contributed by atoms with Crippen LogP contribution in [-0.4, -0.2) is 42.6 Å². The summed E-state index contributed by atoms with van der Waals surface area (Å²) in [6.45, 7) is -2.60. The topological polar surface area (TPSA) is 38.7 Å². The number of hydrogen-bond acceptors (Lipinski definition) is 3. The van der Waals surface area contributed by atoms with E-state index in [0.29, 0.717) is 0 Å². The molecule has 0 radical (unpaired) electrons. The normalized spacial score (nSPS) is 29.6. The van der Waals surface area contributed by atoms with E-state index in [2.05, 4.69) is 9.47 Å². The first kappa shape index (κ1) is 11.7. The average molecular weight is 218 g/mol. The van der Waals surface area contributed by atoms with Crippen LogP contribution in [0.15, 0.2) is 0 Å². The van der Waals surface area contributed by atoms with Crippen molar-refractivity contribution in [1.29, 1.82) is 0 Å². The summed E-state index contributed by atoms with van der Waals surface area (Å²) in [6, 6.07) is 0. The summed E-state index contributed by atoms with van der Waals surface area (Å²) >= 11 is 0. The lowest BCUT2D eigenvalue weighted by Gasteiger charge is -2.24. The maximum atomic E-state index is 12.7. The highest BCUT2D eigenvalue weighted by atomic mass is 19.3. The molecule has 0 aromatic heterocycles. The lowest BCUT2D eigenvalue weighted by atomic mass is 10.2. The Morgan fingerprint density at radius 1 is 1.07 bits per heavy atom. The zero-order valence-electron chi connectivity index (χ0n) is 7.40. The number of hydrogen-bond donors (Lipinski definition) is 1. The molecule has 0 aliphatic carbocycles. The van der Waals surface area contributed by atoms with Crippen molar-refractivity contribution in [2.45, 2.75) is 24.6 Å². The van der Waals surface area contributed by atoms with Crippen LogP contribution < -0.4 is 0 Å². The second-order valence-electron chi connectivity index (χ2n) is 3.28. The van der Waals surface area contributed by atoms with Crippen LogP contribution >= 0.6 is 0 Å². The number of aliphatic hydroxyl groups excluding tert-OH is 1. The minimum Gasteiger partial charge on any atom is -0.391 e. The highest BCUT2D eigenvalue weighted by Gasteiger charge is 2.60. The van der Waals surface area contributed by atoms with Crippen LogP contribution in [0.25, 0.3) is 0 Å². The zero-order valence-corrected chi connectivity index (χ0v) is 7.40. The Labute approximate surface area is 77.6 Å². The van der Waals surface area contributed by atoms with E-state index in [4.69, 9.17) is 5.11 Å². The van der Waals surface area contributed by atoms with Crippen molar-refractivity contribution in [3.63, 3.8) is 0 Å². The van der Waals surface area contributed by atoms with Crippen LogP contribution in [0.2, 0.25) is 0 Å². The molecular formula is C7H10F4O3. The first-order valence-corrected chi connectivity index (χ1v) is 3.87. The van der Waals surface area contributed by atoms with Crippen LogP contribution in [0, 0.1) is 0 Å². The lowest BCUT2D eigenvalue weighted by Crippen LogP contribution is -2.45. The lowest BCUT2D eigenvalue weighted by molar-refractivity contribution is -0.241. The summed E-state index contributed by atoms with van der Waals surface area (Å²) in [6.07, 6.45) is 0. The molecule has 0 bridgehead atoms. The Hall–Kier alpha value is -0.400. The van der Waals surface area contributed by atoms with Gasteiger partial charge in [0, 0.05) is 0 Å². The fourth-order valence-electron chi connectivity index (χ4n) is 0.831. The van der Waals surface area contributed by atoms with E-state index in [1.807, 2.05) is 0 Å². The highest BCUT2D eigenvalue weighted by Crippen LogP contribution is 2.39. The molecule has 0 aromatic rings. The fraction of sp³-hybridized carbons (Fsp3) is 1.00. The highest BCUT2D eigenvalue weighted by molar-refractivity contribution is 4.88. The molecule has 1 N–H and O–H groups in total. The predicted octanol–water partition coefficient (Wildman–Crippen LogP) is 1.01. The van der Waals surface area contributed by atoms with Gasteiger partial charge in [-0.15, -0.1) is 0 Å². The van der Waals surface area contributed by atoms with E-state index >= 15 is 0 Å². The van der Waals surface area contributed by atoms with Crippen molar-refractivity contribution in [3.05, 3.63) is 0 Å². The summed E-state index contributed by atoms with van der Waals surface area (Å²) in [7, 11) is 0. The van der Waals surface area contributed by atoms with Crippen molar-refractivity contribution >= 4 is 0 Å². The molecule has 0 aromatic carbocycles. The second kappa shape index (κ2) is 3.32. The van der Waals surface area contributed by atoms with E-state index in [1.54, 1.807) is 0 Å². The molecule has 14 heavy (non-hydrogen) atoms. The minimum absolute atomic E-state index is 0.765. The van der Waals surface area contributed by atoms with Gasteiger partial charge in [0.25, 0.3) is 0 Å². The quantitative estimate of drug-likeness (QED) is 0.667. The van der Waals surface area contributed by atoms with Gasteiger partial charge in [-0.3, -0.25) is 0 Å². The van der Waals surface area contributed by atoms with Crippen LogP contribution in [0.1, 0.15) is 6.92 Å². The Morgan fingerprint density at radius 2 is 1.43 bits per heavy atom. The third-order valence-corrected chi connectivity index (χ3v) is 1.94. The third kappa shape index (κ3) is 1.99. The van der Waals surface area contributed by atoms with Crippen molar-refractivity contribution in [3.8, 4) is 0 Å². The molecule has 7 heteroatoms. The standard InChI is InChI=1S/C7H10F4O3/c1-5(2-12)13-3-6(8,9)7(10,11)4-14-5/h12H,2-4H2,1H3. The Balaban J connectivity index is 2.82. The van der Waals surface area contributed by atoms with Gasteiger partial charge in [0.05, 0.1) is 6.61 Å². The third-order valence-electron chi connectivity index (χ3n) is 1.94. The molecular weight excluding hydrogens is 208 g/mol. The maximum Gasteiger partial charge on any atom is 0.335 e. The number of ether oxygens (including phenoxy) is 2. The van der Waals surface area contributed by atoms with Crippen LogP contribution in [0.4, 0.5) is 17.6 Å². The van der Waals surface area contributed by atoms with Crippen LogP contribution in [-0.2, 0) is 9.47 Å².